The quantitative estimate of drug-likeness (QED) is 0.187. The van der Waals surface area contributed by atoms with Crippen molar-refractivity contribution >= 4 is 43.7 Å². The summed E-state index contributed by atoms with van der Waals surface area (Å²) < 4.78 is 8.81. The van der Waals surface area contributed by atoms with Crippen LogP contribution in [0.1, 0.15) is 0 Å². The summed E-state index contributed by atoms with van der Waals surface area (Å²) in [5, 5.41) is 4.23. The first kappa shape index (κ1) is 28.1. The van der Waals surface area contributed by atoms with Crippen molar-refractivity contribution in [2.75, 3.05) is 0 Å². The number of hydrogen-bond acceptors (Lipinski definition) is 5. The number of fused-ring (bicyclic) bond motifs is 6. The molecule has 7 aromatic carbocycles. The molecule has 10 rings (SSSR count). The molecule has 0 unspecified atom stereocenters. The predicted molar refractivity (Wildman–Crippen MR) is 201 cm³/mol. The van der Waals surface area contributed by atoms with Gasteiger partial charge in [0.1, 0.15) is 5.52 Å². The minimum absolute atomic E-state index is 0.566. The van der Waals surface area contributed by atoms with Gasteiger partial charge in [-0.1, -0.05) is 109 Å². The third-order valence-corrected chi connectivity index (χ3v) is 9.27. The molecule has 0 bridgehead atoms. The van der Waals surface area contributed by atoms with Crippen LogP contribution in [0.15, 0.2) is 168 Å². The molecule has 0 radical (unpaired) electrons. The van der Waals surface area contributed by atoms with Crippen LogP contribution in [-0.2, 0) is 0 Å². The predicted octanol–water partition coefficient (Wildman–Crippen LogP) is 10.9. The molecule has 10 aromatic rings. The lowest BCUT2D eigenvalue weighted by Crippen LogP contribution is -2.00. The molecule has 0 atom stereocenters. The maximum Gasteiger partial charge on any atom is 0.227 e. The highest BCUT2D eigenvalue weighted by Crippen LogP contribution is 2.38. The summed E-state index contributed by atoms with van der Waals surface area (Å²) in [6, 6.07) is 55.8. The number of aromatic nitrogens is 5. The van der Waals surface area contributed by atoms with E-state index in [1.165, 1.54) is 5.39 Å². The number of rotatable bonds is 5. The zero-order valence-electron chi connectivity index (χ0n) is 26.7. The fourth-order valence-corrected chi connectivity index (χ4v) is 6.95. The molecule has 0 saturated heterocycles. The highest BCUT2D eigenvalue weighted by Gasteiger charge is 2.20. The van der Waals surface area contributed by atoms with Crippen molar-refractivity contribution in [3.8, 4) is 51.3 Å². The van der Waals surface area contributed by atoms with E-state index in [2.05, 4.69) is 89.5 Å². The first-order chi connectivity index (χ1) is 24.8. The normalized spacial score (nSPS) is 11.6. The van der Waals surface area contributed by atoms with Gasteiger partial charge in [0.25, 0.3) is 0 Å². The van der Waals surface area contributed by atoms with Gasteiger partial charge in [0.15, 0.2) is 23.1 Å². The average molecular weight is 642 g/mol. The first-order valence-corrected chi connectivity index (χ1v) is 16.6. The van der Waals surface area contributed by atoms with E-state index in [9.17, 15) is 0 Å². The highest BCUT2D eigenvalue weighted by atomic mass is 16.3. The van der Waals surface area contributed by atoms with Gasteiger partial charge in [-0.15, -0.1) is 0 Å². The maximum absolute atomic E-state index is 6.50. The monoisotopic (exact) mass is 641 g/mol. The van der Waals surface area contributed by atoms with Crippen LogP contribution >= 0.6 is 0 Å². The van der Waals surface area contributed by atoms with Crippen molar-refractivity contribution in [1.82, 2.24) is 24.5 Å². The lowest BCUT2D eigenvalue weighted by molar-refractivity contribution is 0.623. The molecule has 0 aliphatic heterocycles. The second kappa shape index (κ2) is 11.4. The molecule has 0 N–H and O–H groups in total. The fraction of sp³-hybridized carbons (Fsp3) is 0. The van der Waals surface area contributed by atoms with Crippen LogP contribution < -0.4 is 0 Å². The van der Waals surface area contributed by atoms with Crippen LogP contribution in [0, 0.1) is 0 Å². The molecule has 0 aliphatic carbocycles. The minimum atomic E-state index is 0.566. The van der Waals surface area contributed by atoms with Crippen molar-refractivity contribution in [3.05, 3.63) is 164 Å². The molecule has 0 saturated carbocycles. The Labute approximate surface area is 287 Å². The van der Waals surface area contributed by atoms with Crippen molar-refractivity contribution in [1.29, 1.82) is 0 Å². The summed E-state index contributed by atoms with van der Waals surface area (Å²) in [4.78, 5) is 20.2. The second-order valence-corrected chi connectivity index (χ2v) is 12.3. The molecular weight excluding hydrogens is 615 g/mol. The second-order valence-electron chi connectivity index (χ2n) is 12.3. The number of oxazole rings is 1. The van der Waals surface area contributed by atoms with Gasteiger partial charge < -0.3 is 8.98 Å². The van der Waals surface area contributed by atoms with Crippen LogP contribution in [0.5, 0.6) is 0 Å². The van der Waals surface area contributed by atoms with E-state index in [0.717, 1.165) is 60.6 Å². The largest absolute Gasteiger partial charge is 0.435 e. The van der Waals surface area contributed by atoms with Gasteiger partial charge in [-0.25, -0.2) is 19.9 Å². The van der Waals surface area contributed by atoms with E-state index in [4.69, 9.17) is 24.4 Å². The van der Waals surface area contributed by atoms with E-state index in [0.29, 0.717) is 28.9 Å². The summed E-state index contributed by atoms with van der Waals surface area (Å²) in [5.74, 6) is 2.34. The molecule has 6 heteroatoms. The van der Waals surface area contributed by atoms with E-state index < -0.39 is 0 Å². The zero-order valence-corrected chi connectivity index (χ0v) is 26.7. The van der Waals surface area contributed by atoms with Gasteiger partial charge in [0.05, 0.1) is 11.0 Å². The Balaban J connectivity index is 1.21. The fourth-order valence-electron chi connectivity index (χ4n) is 6.95. The van der Waals surface area contributed by atoms with Crippen LogP contribution in [0.4, 0.5) is 0 Å². The number of benzene rings is 7. The van der Waals surface area contributed by atoms with Crippen LogP contribution in [0.2, 0.25) is 0 Å². The lowest BCUT2D eigenvalue weighted by atomic mass is 10.0. The Hall–Kier alpha value is -6.92. The molecule has 6 nitrogen and oxygen atoms in total. The van der Waals surface area contributed by atoms with Gasteiger partial charge in [0.2, 0.25) is 5.89 Å². The summed E-state index contributed by atoms with van der Waals surface area (Å²) in [7, 11) is 0. The third-order valence-electron chi connectivity index (χ3n) is 9.27. The maximum atomic E-state index is 6.50. The molecule has 234 valence electrons. The Kier molecular flexibility index (Phi) is 6.39. The Morgan fingerprint density at radius 2 is 1.10 bits per heavy atom. The number of para-hydroxylation sites is 2. The standard InChI is InChI=1S/C44H27N5O/c1-4-13-29(14-5-1)41-46-42(31-24-26-38-35(27-31)33-20-10-11-22-37(33)49(38)32-18-8-3-9-19-32)48-43(47-41)34-21-12-17-28-23-25-36-40(39(28)34)50-44(45-36)30-15-6-2-7-16-30/h1-27H. The lowest BCUT2D eigenvalue weighted by Gasteiger charge is -2.11. The van der Waals surface area contributed by atoms with E-state index in [-0.39, 0.29) is 0 Å². The smallest absolute Gasteiger partial charge is 0.227 e. The van der Waals surface area contributed by atoms with Crippen molar-refractivity contribution in [3.63, 3.8) is 0 Å². The Bertz CT molecular complexity index is 2860. The van der Waals surface area contributed by atoms with Crippen molar-refractivity contribution < 1.29 is 4.42 Å². The molecule has 3 aromatic heterocycles. The van der Waals surface area contributed by atoms with Crippen molar-refractivity contribution in [2.24, 2.45) is 0 Å². The molecule has 0 aliphatic rings. The third kappa shape index (κ3) is 4.58. The number of hydrogen-bond donors (Lipinski definition) is 0. The summed E-state index contributed by atoms with van der Waals surface area (Å²) in [6.45, 7) is 0. The summed E-state index contributed by atoms with van der Waals surface area (Å²) in [6.07, 6.45) is 0. The molecular formula is C44H27N5O. The Morgan fingerprint density at radius 3 is 1.90 bits per heavy atom. The molecule has 0 amide bonds. The molecule has 3 heterocycles. The van der Waals surface area contributed by atoms with Gasteiger partial charge in [-0.2, -0.15) is 0 Å². The summed E-state index contributed by atoms with van der Waals surface area (Å²) >= 11 is 0. The summed E-state index contributed by atoms with van der Waals surface area (Å²) in [5.41, 5.74) is 8.46. The van der Waals surface area contributed by atoms with E-state index in [1.807, 2.05) is 78.9 Å². The molecule has 0 fully saturated rings. The zero-order chi connectivity index (χ0) is 33.0. The van der Waals surface area contributed by atoms with Gasteiger partial charge >= 0.3 is 0 Å². The Morgan fingerprint density at radius 1 is 0.440 bits per heavy atom. The SMILES string of the molecule is c1ccc(-c2nc(-c3ccc4c(c3)c3ccccc3n4-c3ccccc3)nc(-c3cccc4ccc5nc(-c6ccccc6)oc5c34)n2)cc1. The van der Waals surface area contributed by atoms with Gasteiger partial charge in [-0.05, 0) is 60.0 Å². The average Bonchev–Trinajstić information content (AvgIpc) is 3.78. The van der Waals surface area contributed by atoms with Gasteiger partial charge in [0, 0.05) is 44.1 Å². The molecule has 50 heavy (non-hydrogen) atoms. The van der Waals surface area contributed by atoms with Gasteiger partial charge in [-0.3, -0.25) is 0 Å². The van der Waals surface area contributed by atoms with Crippen LogP contribution in [-0.4, -0.2) is 24.5 Å². The van der Waals surface area contributed by atoms with E-state index >= 15 is 0 Å². The number of nitrogens with zero attached hydrogens (tertiary/aromatic N) is 5. The topological polar surface area (TPSA) is 69.6 Å². The molecule has 0 spiro atoms. The van der Waals surface area contributed by atoms with E-state index in [1.54, 1.807) is 0 Å². The van der Waals surface area contributed by atoms with Crippen molar-refractivity contribution in [2.45, 2.75) is 0 Å². The van der Waals surface area contributed by atoms with Crippen LogP contribution in [0.3, 0.4) is 0 Å². The first-order valence-electron chi connectivity index (χ1n) is 16.6. The van der Waals surface area contributed by atoms with Crippen LogP contribution in [0.25, 0.3) is 95.0 Å². The highest BCUT2D eigenvalue weighted by molar-refractivity contribution is 6.12. The minimum Gasteiger partial charge on any atom is -0.435 e.